The maximum Gasteiger partial charge on any atom is 0.262 e. The van der Waals surface area contributed by atoms with Crippen LogP contribution in [0.2, 0.25) is 0 Å². The van der Waals surface area contributed by atoms with Crippen LogP contribution in [0.15, 0.2) is 42.6 Å². The van der Waals surface area contributed by atoms with E-state index in [0.29, 0.717) is 11.4 Å². The van der Waals surface area contributed by atoms with Gasteiger partial charge in [0.15, 0.2) is 6.61 Å². The number of ether oxygens (including phenoxy) is 1. The van der Waals surface area contributed by atoms with Crippen LogP contribution in [-0.4, -0.2) is 30.6 Å². The third kappa shape index (κ3) is 4.97. The Kier molecular flexibility index (Phi) is 6.10. The van der Waals surface area contributed by atoms with Gasteiger partial charge in [0.05, 0.1) is 11.9 Å². The molecule has 138 valence electrons. The quantitative estimate of drug-likeness (QED) is 0.856. The van der Waals surface area contributed by atoms with Crippen molar-refractivity contribution in [1.29, 1.82) is 0 Å². The predicted molar refractivity (Wildman–Crippen MR) is 105 cm³/mol. The zero-order valence-corrected chi connectivity index (χ0v) is 15.6. The number of aromatic nitrogens is 1. The molecule has 1 N–H and O–H groups in total. The van der Waals surface area contributed by atoms with Crippen LogP contribution in [0.3, 0.4) is 0 Å². The molecule has 2 heterocycles. The number of piperidine rings is 1. The molecule has 5 nitrogen and oxygen atoms in total. The molecule has 0 bridgehead atoms. The summed E-state index contributed by atoms with van der Waals surface area (Å²) >= 11 is 0. The highest BCUT2D eigenvalue weighted by Gasteiger charge is 2.16. The highest BCUT2D eigenvalue weighted by atomic mass is 16.5. The molecule has 0 aliphatic carbocycles. The van der Waals surface area contributed by atoms with Crippen LogP contribution in [0, 0.1) is 5.92 Å². The summed E-state index contributed by atoms with van der Waals surface area (Å²) in [7, 11) is 0. The molecule has 0 unspecified atom stereocenters. The molecule has 2 aromatic rings. The second-order valence-electron chi connectivity index (χ2n) is 6.91. The minimum absolute atomic E-state index is 0.0166. The van der Waals surface area contributed by atoms with Crippen molar-refractivity contribution in [1.82, 2.24) is 4.98 Å². The fourth-order valence-electron chi connectivity index (χ4n) is 3.05. The van der Waals surface area contributed by atoms with Crippen molar-refractivity contribution in [3.63, 3.8) is 0 Å². The van der Waals surface area contributed by atoms with Crippen molar-refractivity contribution in [2.45, 2.75) is 33.1 Å². The van der Waals surface area contributed by atoms with E-state index >= 15 is 0 Å². The molecule has 26 heavy (non-hydrogen) atoms. The van der Waals surface area contributed by atoms with Gasteiger partial charge in [0.2, 0.25) is 0 Å². The van der Waals surface area contributed by atoms with Crippen LogP contribution < -0.4 is 15.0 Å². The lowest BCUT2D eigenvalue weighted by Crippen LogP contribution is -2.33. The minimum atomic E-state index is -0.189. The second-order valence-corrected chi connectivity index (χ2v) is 6.91. The first-order valence-corrected chi connectivity index (χ1v) is 9.36. The Bertz CT molecular complexity index is 705. The van der Waals surface area contributed by atoms with E-state index in [1.54, 1.807) is 6.20 Å². The first-order valence-electron chi connectivity index (χ1n) is 9.36. The lowest BCUT2D eigenvalue weighted by molar-refractivity contribution is -0.118. The molecule has 1 aliphatic heterocycles. The van der Waals surface area contributed by atoms with E-state index in [4.69, 9.17) is 4.74 Å². The maximum atomic E-state index is 12.1. The number of nitrogens with zero attached hydrogens (tertiary/aromatic N) is 2. The molecular formula is C21H27N3O2. The van der Waals surface area contributed by atoms with Gasteiger partial charge in [-0.05, 0) is 55.0 Å². The average molecular weight is 353 g/mol. The molecule has 0 atom stereocenters. The first kappa shape index (κ1) is 18.2. The Balaban J connectivity index is 1.47. The van der Waals surface area contributed by atoms with Gasteiger partial charge in [0.1, 0.15) is 11.6 Å². The number of nitrogens with one attached hydrogen (secondary N) is 1. The van der Waals surface area contributed by atoms with Crippen LogP contribution in [0.1, 0.15) is 32.3 Å². The molecular weight excluding hydrogens is 326 g/mol. The number of benzene rings is 1. The van der Waals surface area contributed by atoms with Gasteiger partial charge in [0.25, 0.3) is 5.91 Å². The standard InChI is InChI=1S/C21H27N3O2/c1-3-17-4-7-19(8-5-17)26-15-21(25)23-18-6-9-20(22-14-18)24-12-10-16(2)11-13-24/h4-9,14,16H,3,10-13,15H2,1-2H3,(H,23,25). The molecule has 1 amide bonds. The van der Waals surface area contributed by atoms with Gasteiger partial charge in [-0.2, -0.15) is 0 Å². The summed E-state index contributed by atoms with van der Waals surface area (Å²) < 4.78 is 5.53. The number of carbonyl (C=O) groups excluding carboxylic acids is 1. The van der Waals surface area contributed by atoms with Crippen LogP contribution in [0.4, 0.5) is 11.5 Å². The van der Waals surface area contributed by atoms with E-state index in [0.717, 1.165) is 31.2 Å². The Morgan fingerprint density at radius 2 is 1.92 bits per heavy atom. The number of pyridine rings is 1. The molecule has 0 spiro atoms. The highest BCUT2D eigenvalue weighted by molar-refractivity contribution is 5.91. The minimum Gasteiger partial charge on any atom is -0.484 e. The molecule has 1 saturated heterocycles. The molecule has 0 radical (unpaired) electrons. The molecule has 1 aliphatic rings. The molecule has 3 rings (SSSR count). The van der Waals surface area contributed by atoms with Gasteiger partial charge < -0.3 is 15.0 Å². The van der Waals surface area contributed by atoms with Crippen molar-refractivity contribution in [2.75, 3.05) is 29.9 Å². The van der Waals surface area contributed by atoms with Gasteiger partial charge in [0, 0.05) is 13.1 Å². The Hall–Kier alpha value is -2.56. The third-order valence-electron chi connectivity index (χ3n) is 4.84. The smallest absolute Gasteiger partial charge is 0.262 e. The van der Waals surface area contributed by atoms with Gasteiger partial charge in [-0.25, -0.2) is 4.98 Å². The molecule has 1 aromatic carbocycles. The van der Waals surface area contributed by atoms with Crippen LogP contribution >= 0.6 is 0 Å². The zero-order valence-electron chi connectivity index (χ0n) is 15.6. The lowest BCUT2D eigenvalue weighted by Gasteiger charge is -2.31. The predicted octanol–water partition coefficient (Wildman–Crippen LogP) is 3.90. The largest absolute Gasteiger partial charge is 0.484 e. The van der Waals surface area contributed by atoms with Crippen LogP contribution in [-0.2, 0) is 11.2 Å². The number of anilines is 2. The SMILES string of the molecule is CCc1ccc(OCC(=O)Nc2ccc(N3CCC(C)CC3)nc2)cc1. The molecule has 5 heteroatoms. The van der Waals surface area contributed by atoms with Gasteiger partial charge in [-0.3, -0.25) is 4.79 Å². The summed E-state index contributed by atoms with van der Waals surface area (Å²) in [5.41, 5.74) is 1.94. The van der Waals surface area contributed by atoms with Crippen molar-refractivity contribution in [3.8, 4) is 5.75 Å². The summed E-state index contributed by atoms with van der Waals surface area (Å²) in [4.78, 5) is 18.8. The van der Waals surface area contributed by atoms with E-state index in [1.807, 2.05) is 36.4 Å². The summed E-state index contributed by atoms with van der Waals surface area (Å²) in [6.07, 6.45) is 5.11. The van der Waals surface area contributed by atoms with Crippen LogP contribution in [0.25, 0.3) is 0 Å². The van der Waals surface area contributed by atoms with Gasteiger partial charge in [-0.15, -0.1) is 0 Å². The molecule has 0 saturated carbocycles. The van der Waals surface area contributed by atoms with Gasteiger partial charge in [-0.1, -0.05) is 26.0 Å². The summed E-state index contributed by atoms with van der Waals surface area (Å²) in [5.74, 6) is 2.28. The first-order chi connectivity index (χ1) is 12.6. The number of hydrogen-bond acceptors (Lipinski definition) is 4. The van der Waals surface area contributed by atoms with E-state index < -0.39 is 0 Å². The Morgan fingerprint density at radius 1 is 1.19 bits per heavy atom. The number of rotatable bonds is 6. The van der Waals surface area contributed by atoms with Crippen molar-refractivity contribution >= 4 is 17.4 Å². The normalized spacial score (nSPS) is 14.9. The lowest BCUT2D eigenvalue weighted by atomic mass is 9.99. The van der Waals surface area contributed by atoms with Crippen molar-refractivity contribution < 1.29 is 9.53 Å². The third-order valence-corrected chi connectivity index (χ3v) is 4.84. The molecule has 1 aromatic heterocycles. The number of aryl methyl sites for hydroxylation is 1. The number of hydrogen-bond donors (Lipinski definition) is 1. The van der Waals surface area contributed by atoms with Crippen molar-refractivity contribution in [2.24, 2.45) is 5.92 Å². The topological polar surface area (TPSA) is 54.5 Å². The average Bonchev–Trinajstić information content (AvgIpc) is 2.68. The number of amides is 1. The second kappa shape index (κ2) is 8.70. The Morgan fingerprint density at radius 3 is 2.54 bits per heavy atom. The highest BCUT2D eigenvalue weighted by Crippen LogP contribution is 2.22. The monoisotopic (exact) mass is 353 g/mol. The fraction of sp³-hybridized carbons (Fsp3) is 0.429. The zero-order chi connectivity index (χ0) is 18.4. The Labute approximate surface area is 155 Å². The van der Waals surface area contributed by atoms with E-state index in [-0.39, 0.29) is 12.5 Å². The van der Waals surface area contributed by atoms with E-state index in [9.17, 15) is 4.79 Å². The van der Waals surface area contributed by atoms with E-state index in [1.165, 1.54) is 18.4 Å². The van der Waals surface area contributed by atoms with Crippen LogP contribution in [0.5, 0.6) is 5.75 Å². The molecule has 1 fully saturated rings. The van der Waals surface area contributed by atoms with Crippen molar-refractivity contribution in [3.05, 3.63) is 48.2 Å². The summed E-state index contributed by atoms with van der Waals surface area (Å²) in [6, 6.07) is 11.7. The fourth-order valence-corrected chi connectivity index (χ4v) is 3.05. The number of carbonyl (C=O) groups is 1. The van der Waals surface area contributed by atoms with E-state index in [2.05, 4.69) is 29.0 Å². The summed E-state index contributed by atoms with van der Waals surface area (Å²) in [6.45, 7) is 6.48. The summed E-state index contributed by atoms with van der Waals surface area (Å²) in [5, 5.41) is 2.83. The maximum absolute atomic E-state index is 12.1. The van der Waals surface area contributed by atoms with Gasteiger partial charge >= 0.3 is 0 Å².